The summed E-state index contributed by atoms with van der Waals surface area (Å²) in [6.45, 7) is 6.77. The Labute approximate surface area is 101 Å². The third kappa shape index (κ3) is 3.94. The first-order chi connectivity index (χ1) is 7.50. The van der Waals surface area contributed by atoms with E-state index >= 15 is 0 Å². The van der Waals surface area contributed by atoms with E-state index in [0.717, 1.165) is 6.42 Å². The molecule has 0 aliphatic carbocycles. The fraction of sp³-hybridized carbons (Fsp3) is 0.583. The first kappa shape index (κ1) is 13.2. The van der Waals surface area contributed by atoms with Crippen molar-refractivity contribution < 1.29 is 4.79 Å². The Kier molecular flexibility index (Phi) is 4.96. The second kappa shape index (κ2) is 6.01. The average Bonchev–Trinajstić information content (AvgIpc) is 2.59. The van der Waals surface area contributed by atoms with Crippen LogP contribution in [0.2, 0.25) is 0 Å². The van der Waals surface area contributed by atoms with Gasteiger partial charge in [0.25, 0.3) is 0 Å². The number of aryl methyl sites for hydroxylation is 1. The van der Waals surface area contributed by atoms with Crippen molar-refractivity contribution in [3.8, 4) is 0 Å². The molecule has 0 spiro atoms. The van der Waals surface area contributed by atoms with E-state index in [0.29, 0.717) is 12.5 Å². The van der Waals surface area contributed by atoms with Crippen LogP contribution in [0.4, 0.5) is 0 Å². The summed E-state index contributed by atoms with van der Waals surface area (Å²) in [5, 5.41) is 4.91. The lowest BCUT2D eigenvalue weighted by molar-refractivity contribution is -0.122. The molecule has 0 aliphatic heterocycles. The van der Waals surface area contributed by atoms with Crippen molar-refractivity contribution in [3.63, 3.8) is 0 Å². The first-order valence-electron chi connectivity index (χ1n) is 5.57. The molecule has 1 aromatic heterocycles. The molecule has 3 nitrogen and oxygen atoms in total. The molecule has 3 N–H and O–H groups in total. The number of carbonyl (C=O) groups is 1. The van der Waals surface area contributed by atoms with E-state index in [-0.39, 0.29) is 11.9 Å². The Morgan fingerprint density at radius 1 is 1.56 bits per heavy atom. The zero-order chi connectivity index (χ0) is 12.1. The van der Waals surface area contributed by atoms with Gasteiger partial charge in [-0.3, -0.25) is 4.79 Å². The number of amides is 1. The summed E-state index contributed by atoms with van der Waals surface area (Å²) < 4.78 is 0. The minimum atomic E-state index is -0.389. The summed E-state index contributed by atoms with van der Waals surface area (Å²) in [5.41, 5.74) is 7.01. The smallest absolute Gasteiger partial charge is 0.237 e. The molecule has 0 unspecified atom stereocenters. The molecule has 1 aromatic rings. The largest absolute Gasteiger partial charge is 0.350 e. The van der Waals surface area contributed by atoms with Crippen molar-refractivity contribution in [1.82, 2.24) is 5.32 Å². The van der Waals surface area contributed by atoms with Crippen LogP contribution in [0.5, 0.6) is 0 Å². The highest BCUT2D eigenvalue weighted by Gasteiger charge is 2.14. The maximum absolute atomic E-state index is 11.7. The van der Waals surface area contributed by atoms with Crippen molar-refractivity contribution in [2.45, 2.75) is 39.8 Å². The lowest BCUT2D eigenvalue weighted by atomic mass is 10.0. The summed E-state index contributed by atoms with van der Waals surface area (Å²) in [4.78, 5) is 12.9. The summed E-state index contributed by atoms with van der Waals surface area (Å²) in [6.07, 6.45) is 0.731. The molecule has 0 bridgehead atoms. The van der Waals surface area contributed by atoms with Crippen molar-refractivity contribution in [2.24, 2.45) is 11.7 Å². The van der Waals surface area contributed by atoms with Crippen LogP contribution in [0.15, 0.2) is 11.4 Å². The molecule has 1 amide bonds. The van der Waals surface area contributed by atoms with E-state index in [2.05, 4.69) is 25.2 Å². The Morgan fingerprint density at radius 2 is 2.25 bits per heavy atom. The minimum absolute atomic E-state index is 0.0542. The molecule has 1 atom stereocenters. The summed E-state index contributed by atoms with van der Waals surface area (Å²) in [6, 6.07) is 1.67. The van der Waals surface area contributed by atoms with Gasteiger partial charge in [-0.2, -0.15) is 0 Å². The van der Waals surface area contributed by atoms with Crippen LogP contribution >= 0.6 is 11.3 Å². The first-order valence-corrected chi connectivity index (χ1v) is 6.45. The molecule has 0 saturated carbocycles. The third-order valence-corrected chi connectivity index (χ3v) is 3.48. The molecule has 0 fully saturated rings. The standard InChI is InChI=1S/C12H20N2OS/c1-8(2)6-10(13)12(15)14-7-11-9(3)4-5-16-11/h4-5,8,10H,6-7,13H2,1-3H3,(H,14,15)/t10-/m0/s1. The maximum Gasteiger partial charge on any atom is 0.237 e. The molecular weight excluding hydrogens is 220 g/mol. The van der Waals surface area contributed by atoms with Crippen LogP contribution < -0.4 is 11.1 Å². The fourth-order valence-corrected chi connectivity index (χ4v) is 2.34. The molecule has 1 rings (SSSR count). The van der Waals surface area contributed by atoms with E-state index in [9.17, 15) is 4.79 Å². The summed E-state index contributed by atoms with van der Waals surface area (Å²) >= 11 is 1.66. The SMILES string of the molecule is Cc1ccsc1CNC(=O)[C@@H](N)CC(C)C. The van der Waals surface area contributed by atoms with E-state index in [4.69, 9.17) is 5.73 Å². The van der Waals surface area contributed by atoms with Gasteiger partial charge in [0.05, 0.1) is 12.6 Å². The highest BCUT2D eigenvalue weighted by Crippen LogP contribution is 2.14. The number of nitrogens with one attached hydrogen (secondary N) is 1. The maximum atomic E-state index is 11.7. The monoisotopic (exact) mass is 240 g/mol. The van der Waals surface area contributed by atoms with Crippen molar-refractivity contribution in [2.75, 3.05) is 0 Å². The van der Waals surface area contributed by atoms with Crippen LogP contribution in [-0.4, -0.2) is 11.9 Å². The molecule has 0 radical (unpaired) electrons. The van der Waals surface area contributed by atoms with Gasteiger partial charge in [-0.25, -0.2) is 0 Å². The molecule has 0 saturated heterocycles. The normalized spacial score (nSPS) is 12.8. The molecule has 0 aliphatic rings. The van der Waals surface area contributed by atoms with Gasteiger partial charge >= 0.3 is 0 Å². The average molecular weight is 240 g/mol. The van der Waals surface area contributed by atoms with Gasteiger partial charge in [0.2, 0.25) is 5.91 Å². The third-order valence-electron chi connectivity index (χ3n) is 2.45. The lowest BCUT2D eigenvalue weighted by Crippen LogP contribution is -2.40. The van der Waals surface area contributed by atoms with Crippen LogP contribution in [0.1, 0.15) is 30.7 Å². The van der Waals surface area contributed by atoms with Crippen molar-refractivity contribution >= 4 is 17.2 Å². The Balaban J connectivity index is 2.38. The van der Waals surface area contributed by atoms with Gasteiger partial charge in [0, 0.05) is 4.88 Å². The van der Waals surface area contributed by atoms with E-state index in [1.54, 1.807) is 11.3 Å². The quantitative estimate of drug-likeness (QED) is 0.827. The van der Waals surface area contributed by atoms with E-state index in [1.807, 2.05) is 12.3 Å². The number of nitrogens with two attached hydrogens (primary N) is 1. The predicted octanol–water partition coefficient (Wildman–Crippen LogP) is 2.05. The topological polar surface area (TPSA) is 55.1 Å². The molecular formula is C12H20N2OS. The number of hydrogen-bond acceptors (Lipinski definition) is 3. The predicted molar refractivity (Wildman–Crippen MR) is 68.3 cm³/mol. The van der Waals surface area contributed by atoms with Crippen LogP contribution in [-0.2, 0) is 11.3 Å². The lowest BCUT2D eigenvalue weighted by Gasteiger charge is -2.13. The highest BCUT2D eigenvalue weighted by atomic mass is 32.1. The zero-order valence-corrected chi connectivity index (χ0v) is 10.9. The van der Waals surface area contributed by atoms with Crippen LogP contribution in [0.25, 0.3) is 0 Å². The van der Waals surface area contributed by atoms with Gasteiger partial charge in [0.1, 0.15) is 0 Å². The second-order valence-corrected chi connectivity index (χ2v) is 5.48. The second-order valence-electron chi connectivity index (χ2n) is 4.48. The highest BCUT2D eigenvalue weighted by molar-refractivity contribution is 7.10. The summed E-state index contributed by atoms with van der Waals surface area (Å²) in [5.74, 6) is 0.394. The van der Waals surface area contributed by atoms with Gasteiger partial charge < -0.3 is 11.1 Å². The number of thiophene rings is 1. The molecule has 4 heteroatoms. The van der Waals surface area contributed by atoms with E-state index in [1.165, 1.54) is 10.4 Å². The minimum Gasteiger partial charge on any atom is -0.350 e. The van der Waals surface area contributed by atoms with Crippen molar-refractivity contribution in [3.05, 3.63) is 21.9 Å². The number of carbonyl (C=O) groups excluding carboxylic acids is 1. The molecule has 90 valence electrons. The molecule has 1 heterocycles. The Morgan fingerprint density at radius 3 is 2.75 bits per heavy atom. The van der Waals surface area contributed by atoms with Crippen molar-refractivity contribution in [1.29, 1.82) is 0 Å². The zero-order valence-electron chi connectivity index (χ0n) is 10.1. The van der Waals surface area contributed by atoms with Gasteiger partial charge in [-0.05, 0) is 36.3 Å². The van der Waals surface area contributed by atoms with Gasteiger partial charge in [-0.15, -0.1) is 11.3 Å². The summed E-state index contributed by atoms with van der Waals surface area (Å²) in [7, 11) is 0. The molecule has 16 heavy (non-hydrogen) atoms. The van der Waals surface area contributed by atoms with Crippen LogP contribution in [0.3, 0.4) is 0 Å². The molecule has 0 aromatic carbocycles. The Bertz CT molecular complexity index is 347. The Hall–Kier alpha value is -0.870. The number of rotatable bonds is 5. The fourth-order valence-electron chi connectivity index (χ4n) is 1.50. The van der Waals surface area contributed by atoms with Gasteiger partial charge in [0.15, 0.2) is 0 Å². The van der Waals surface area contributed by atoms with Crippen LogP contribution in [0, 0.1) is 12.8 Å². The number of hydrogen-bond donors (Lipinski definition) is 2. The van der Waals surface area contributed by atoms with Gasteiger partial charge in [-0.1, -0.05) is 13.8 Å². The van der Waals surface area contributed by atoms with E-state index < -0.39 is 0 Å².